The van der Waals surface area contributed by atoms with Crippen molar-refractivity contribution in [1.29, 1.82) is 0 Å². The maximum atomic E-state index is 12.5. The molecule has 140 valence electrons. The number of halogens is 1. The molecule has 1 amide bonds. The average molecular weight is 405 g/mol. The molecule has 1 heterocycles. The molecule has 0 bridgehead atoms. The first-order valence-corrected chi connectivity index (χ1v) is 9.25. The smallest absolute Gasteiger partial charge is 0.255 e. The van der Waals surface area contributed by atoms with E-state index in [9.17, 15) is 4.79 Å². The van der Waals surface area contributed by atoms with Crippen LogP contribution in [0.3, 0.4) is 0 Å². The summed E-state index contributed by atoms with van der Waals surface area (Å²) in [6.07, 6.45) is 0. The molecule has 8 heteroatoms. The number of hydrogen-bond acceptors (Lipinski definition) is 6. The Bertz CT molecular complexity index is 914. The Morgan fingerprint density at radius 2 is 1.89 bits per heavy atom. The number of hydrogen-bond donors (Lipinski definition) is 1. The average Bonchev–Trinajstić information content (AvgIpc) is 3.21. The third kappa shape index (κ3) is 4.69. The highest BCUT2D eigenvalue weighted by molar-refractivity contribution is 7.07. The number of anilines is 1. The first-order chi connectivity index (χ1) is 13.1. The van der Waals surface area contributed by atoms with Gasteiger partial charge in [0.1, 0.15) is 23.9 Å². The number of rotatable bonds is 7. The van der Waals surface area contributed by atoms with E-state index in [2.05, 4.69) is 10.3 Å². The van der Waals surface area contributed by atoms with Gasteiger partial charge in [0, 0.05) is 23.1 Å². The van der Waals surface area contributed by atoms with Crippen molar-refractivity contribution < 1.29 is 19.0 Å². The Morgan fingerprint density at radius 1 is 1.15 bits per heavy atom. The molecule has 0 aliphatic rings. The number of benzene rings is 2. The quantitative estimate of drug-likeness (QED) is 0.621. The number of nitrogens with one attached hydrogen (secondary N) is 1. The number of methoxy groups -OCH3 is 2. The second-order valence-electron chi connectivity index (χ2n) is 5.43. The van der Waals surface area contributed by atoms with E-state index in [0.717, 1.165) is 5.69 Å². The van der Waals surface area contributed by atoms with Gasteiger partial charge in [-0.05, 0) is 24.3 Å². The highest BCUT2D eigenvalue weighted by atomic mass is 35.5. The molecule has 27 heavy (non-hydrogen) atoms. The summed E-state index contributed by atoms with van der Waals surface area (Å²) in [5, 5.41) is 5.12. The molecule has 0 saturated carbocycles. The molecule has 0 fully saturated rings. The summed E-state index contributed by atoms with van der Waals surface area (Å²) in [6, 6.07) is 10.1. The Kier molecular flexibility index (Phi) is 6.16. The zero-order chi connectivity index (χ0) is 19.2. The SMILES string of the molecule is COc1cc(NC(=O)c2ccc(OCc3cscn3)cc2)c(OC)cc1Cl. The third-order valence-electron chi connectivity index (χ3n) is 3.71. The third-order valence-corrected chi connectivity index (χ3v) is 4.64. The van der Waals surface area contributed by atoms with Crippen molar-refractivity contribution in [2.75, 3.05) is 19.5 Å². The first-order valence-electron chi connectivity index (χ1n) is 7.93. The van der Waals surface area contributed by atoms with Gasteiger partial charge < -0.3 is 19.5 Å². The lowest BCUT2D eigenvalue weighted by Gasteiger charge is -2.13. The normalized spacial score (nSPS) is 10.3. The molecule has 6 nitrogen and oxygen atoms in total. The van der Waals surface area contributed by atoms with Gasteiger partial charge in [0.2, 0.25) is 0 Å². The fraction of sp³-hybridized carbons (Fsp3) is 0.158. The highest BCUT2D eigenvalue weighted by Crippen LogP contribution is 2.36. The number of thiazole rings is 1. The van der Waals surface area contributed by atoms with E-state index in [4.69, 9.17) is 25.8 Å². The van der Waals surface area contributed by atoms with Gasteiger partial charge in [0.15, 0.2) is 0 Å². The van der Waals surface area contributed by atoms with Gasteiger partial charge in [-0.2, -0.15) is 0 Å². The van der Waals surface area contributed by atoms with E-state index < -0.39 is 0 Å². The summed E-state index contributed by atoms with van der Waals surface area (Å²) < 4.78 is 16.1. The zero-order valence-corrected chi connectivity index (χ0v) is 16.3. The Hall–Kier alpha value is -2.77. The van der Waals surface area contributed by atoms with E-state index in [0.29, 0.717) is 40.1 Å². The summed E-state index contributed by atoms with van der Waals surface area (Å²) in [7, 11) is 3.01. The largest absolute Gasteiger partial charge is 0.495 e. The number of nitrogens with zero attached hydrogens (tertiary/aromatic N) is 1. The van der Waals surface area contributed by atoms with Gasteiger partial charge in [-0.1, -0.05) is 11.6 Å². The predicted molar refractivity (Wildman–Crippen MR) is 105 cm³/mol. The summed E-state index contributed by atoms with van der Waals surface area (Å²) in [6.45, 7) is 0.386. The summed E-state index contributed by atoms with van der Waals surface area (Å²) in [5.74, 6) is 1.25. The van der Waals surface area contributed by atoms with Crippen LogP contribution in [0.15, 0.2) is 47.3 Å². The van der Waals surface area contributed by atoms with E-state index in [1.54, 1.807) is 41.9 Å². The minimum atomic E-state index is -0.288. The number of ether oxygens (including phenoxy) is 3. The monoisotopic (exact) mass is 404 g/mol. The van der Waals surface area contributed by atoms with Crippen molar-refractivity contribution in [3.8, 4) is 17.2 Å². The van der Waals surface area contributed by atoms with Crippen LogP contribution in [0.25, 0.3) is 0 Å². The van der Waals surface area contributed by atoms with Crippen LogP contribution in [0.2, 0.25) is 5.02 Å². The topological polar surface area (TPSA) is 69.7 Å². The molecule has 0 atom stereocenters. The van der Waals surface area contributed by atoms with Gasteiger partial charge in [-0.15, -0.1) is 11.3 Å². The summed E-state index contributed by atoms with van der Waals surface area (Å²) in [5.41, 5.74) is 3.57. The van der Waals surface area contributed by atoms with Crippen LogP contribution in [0, 0.1) is 0 Å². The molecule has 0 aliphatic carbocycles. The van der Waals surface area contributed by atoms with E-state index in [1.165, 1.54) is 25.6 Å². The van der Waals surface area contributed by atoms with Crippen molar-refractivity contribution in [3.63, 3.8) is 0 Å². The van der Waals surface area contributed by atoms with Gasteiger partial charge >= 0.3 is 0 Å². The molecule has 2 aromatic carbocycles. The first kappa shape index (κ1) is 19.0. The fourth-order valence-electron chi connectivity index (χ4n) is 2.32. The van der Waals surface area contributed by atoms with Gasteiger partial charge in [-0.25, -0.2) is 4.98 Å². The molecule has 0 aliphatic heterocycles. The lowest BCUT2D eigenvalue weighted by Crippen LogP contribution is -2.12. The van der Waals surface area contributed by atoms with Crippen LogP contribution in [-0.4, -0.2) is 25.1 Å². The molecular formula is C19H17ClN2O4S. The van der Waals surface area contributed by atoms with Crippen LogP contribution < -0.4 is 19.5 Å². The summed E-state index contributed by atoms with van der Waals surface area (Å²) >= 11 is 7.60. The van der Waals surface area contributed by atoms with E-state index in [1.807, 2.05) is 5.38 Å². The fourth-order valence-corrected chi connectivity index (χ4v) is 3.10. The lowest BCUT2D eigenvalue weighted by molar-refractivity contribution is 0.102. The second-order valence-corrected chi connectivity index (χ2v) is 6.56. The molecule has 1 N–H and O–H groups in total. The standard InChI is InChI=1S/C19H17ClN2O4S/c1-24-17-8-16(18(25-2)7-15(17)20)22-19(23)12-3-5-14(6-4-12)26-9-13-10-27-11-21-13/h3-8,10-11H,9H2,1-2H3,(H,22,23). The van der Waals surface area contributed by atoms with Crippen LogP contribution in [-0.2, 0) is 6.61 Å². The maximum absolute atomic E-state index is 12.5. The van der Waals surface area contributed by atoms with Crippen LogP contribution >= 0.6 is 22.9 Å². The van der Waals surface area contributed by atoms with Crippen molar-refractivity contribution >= 4 is 34.5 Å². The lowest BCUT2D eigenvalue weighted by atomic mass is 10.2. The Balaban J connectivity index is 1.69. The van der Waals surface area contributed by atoms with Crippen LogP contribution in [0.5, 0.6) is 17.2 Å². The highest BCUT2D eigenvalue weighted by Gasteiger charge is 2.14. The number of aromatic nitrogens is 1. The molecule has 0 radical (unpaired) electrons. The molecule has 0 saturated heterocycles. The second kappa shape index (κ2) is 8.75. The predicted octanol–water partition coefficient (Wildman–Crippen LogP) is 4.65. The molecule has 3 aromatic rings. The molecule has 1 aromatic heterocycles. The minimum Gasteiger partial charge on any atom is -0.495 e. The molecule has 3 rings (SSSR count). The van der Waals surface area contributed by atoms with Crippen LogP contribution in [0.1, 0.15) is 16.1 Å². The number of carbonyl (C=O) groups excluding carboxylic acids is 1. The van der Waals surface area contributed by atoms with Gasteiger partial charge in [-0.3, -0.25) is 4.79 Å². The van der Waals surface area contributed by atoms with Gasteiger partial charge in [0.25, 0.3) is 5.91 Å². The van der Waals surface area contributed by atoms with E-state index in [-0.39, 0.29) is 5.91 Å². The van der Waals surface area contributed by atoms with E-state index >= 15 is 0 Å². The minimum absolute atomic E-state index is 0.288. The van der Waals surface area contributed by atoms with Crippen molar-refractivity contribution in [3.05, 3.63) is 63.6 Å². The molecule has 0 spiro atoms. The Labute approximate surface area is 165 Å². The van der Waals surface area contributed by atoms with Crippen molar-refractivity contribution in [1.82, 2.24) is 4.98 Å². The molecular weight excluding hydrogens is 388 g/mol. The van der Waals surface area contributed by atoms with Crippen molar-refractivity contribution in [2.24, 2.45) is 0 Å². The van der Waals surface area contributed by atoms with Crippen LogP contribution in [0.4, 0.5) is 5.69 Å². The number of carbonyl (C=O) groups is 1. The summed E-state index contributed by atoms with van der Waals surface area (Å²) in [4.78, 5) is 16.7. The Morgan fingerprint density at radius 3 is 2.52 bits per heavy atom. The zero-order valence-electron chi connectivity index (χ0n) is 14.7. The van der Waals surface area contributed by atoms with Gasteiger partial charge in [0.05, 0.1) is 36.1 Å². The number of amides is 1. The molecule has 0 unspecified atom stereocenters. The van der Waals surface area contributed by atoms with Crippen molar-refractivity contribution in [2.45, 2.75) is 6.61 Å². The maximum Gasteiger partial charge on any atom is 0.255 e.